The number of nitrogens with zero attached hydrogens (tertiary/aromatic N) is 1. The molecule has 0 saturated carbocycles. The zero-order valence-electron chi connectivity index (χ0n) is 20.1. The molecule has 0 aliphatic heterocycles. The Hall–Kier alpha value is -4.45. The summed E-state index contributed by atoms with van der Waals surface area (Å²) in [5, 5.41) is 3.88. The highest BCUT2D eigenvalue weighted by atomic mass is 16.5. The van der Waals surface area contributed by atoms with E-state index < -0.39 is 0 Å². The Labute approximate surface area is 209 Å². The molecule has 1 aromatic heterocycles. The second kappa shape index (κ2) is 10.0. The topological polar surface area (TPSA) is 94.3 Å². The average Bonchev–Trinajstić information content (AvgIpc) is 2.89. The summed E-state index contributed by atoms with van der Waals surface area (Å²) in [6.45, 7) is 0. The number of aromatic nitrogens is 1. The Kier molecular flexibility index (Phi) is 6.50. The molecule has 1 heterocycles. The highest BCUT2D eigenvalue weighted by molar-refractivity contribution is 6.14. The van der Waals surface area contributed by atoms with Crippen LogP contribution in [0.25, 0.3) is 22.6 Å². The number of para-hydroxylation sites is 1. The molecule has 2 amide bonds. The number of nitrogens with one attached hydrogen (secondary N) is 1. The monoisotopic (exact) mass is 477 g/mol. The van der Waals surface area contributed by atoms with Crippen LogP contribution in [0.2, 0.25) is 0 Å². The Balaban J connectivity index is 1.54. The van der Waals surface area contributed by atoms with Crippen LogP contribution in [0.5, 0.6) is 5.75 Å². The smallest absolute Gasteiger partial charge is 0.256 e. The fourth-order valence-corrected chi connectivity index (χ4v) is 4.74. The molecule has 180 valence electrons. The van der Waals surface area contributed by atoms with Crippen LogP contribution in [0.3, 0.4) is 0 Å². The second-order valence-corrected chi connectivity index (χ2v) is 8.92. The maximum absolute atomic E-state index is 13.7. The Morgan fingerprint density at radius 1 is 1.00 bits per heavy atom. The average molecular weight is 478 g/mol. The number of amides is 2. The molecule has 6 heteroatoms. The lowest BCUT2D eigenvalue weighted by Gasteiger charge is -2.23. The predicted molar refractivity (Wildman–Crippen MR) is 143 cm³/mol. The van der Waals surface area contributed by atoms with Crippen LogP contribution in [0.15, 0.2) is 72.8 Å². The number of fused-ring (bicyclic) bond motifs is 2. The predicted octanol–water partition coefficient (Wildman–Crippen LogP) is 5.40. The molecule has 0 atom stereocenters. The van der Waals surface area contributed by atoms with Crippen molar-refractivity contribution in [3.63, 3.8) is 0 Å². The van der Waals surface area contributed by atoms with Crippen molar-refractivity contribution in [3.8, 4) is 5.75 Å². The minimum absolute atomic E-state index is 0.167. The zero-order valence-corrected chi connectivity index (χ0v) is 20.1. The van der Waals surface area contributed by atoms with Gasteiger partial charge < -0.3 is 15.8 Å². The third kappa shape index (κ3) is 4.84. The lowest BCUT2D eigenvalue weighted by atomic mass is 9.85. The van der Waals surface area contributed by atoms with Gasteiger partial charge in [-0.05, 0) is 77.9 Å². The van der Waals surface area contributed by atoms with Crippen LogP contribution in [0.4, 0.5) is 5.69 Å². The fourth-order valence-electron chi connectivity index (χ4n) is 4.74. The molecule has 0 saturated heterocycles. The maximum Gasteiger partial charge on any atom is 0.256 e. The van der Waals surface area contributed by atoms with Crippen molar-refractivity contribution in [2.45, 2.75) is 25.7 Å². The number of primary amides is 1. The van der Waals surface area contributed by atoms with Crippen molar-refractivity contribution >= 4 is 40.1 Å². The molecule has 1 aliphatic rings. The normalized spacial score (nSPS) is 13.9. The molecule has 36 heavy (non-hydrogen) atoms. The van der Waals surface area contributed by atoms with E-state index in [1.54, 1.807) is 31.4 Å². The maximum atomic E-state index is 13.7. The molecule has 0 fully saturated rings. The Morgan fingerprint density at radius 2 is 1.75 bits per heavy atom. The number of methoxy groups -OCH3 is 1. The first-order chi connectivity index (χ1) is 17.5. The summed E-state index contributed by atoms with van der Waals surface area (Å²) < 4.78 is 5.28. The standard InChI is InChI=1S/C30H27N3O3/c1-36-23-15-11-19(12-16-23)17-21-5-4-7-25-28(24-6-2-3-8-26(24)33-29(21)25)30(35)32-22-13-9-20(10-14-22)18-27(31)34/h2-3,6,8-17H,4-5,7,18H2,1H3,(H2,31,34)(H,32,35)/b21-17-. The van der Waals surface area contributed by atoms with E-state index in [0.29, 0.717) is 11.3 Å². The van der Waals surface area contributed by atoms with Crippen molar-refractivity contribution in [3.05, 3.63) is 101 Å². The summed E-state index contributed by atoms with van der Waals surface area (Å²) in [4.78, 5) is 29.8. The van der Waals surface area contributed by atoms with E-state index in [1.807, 2.05) is 48.5 Å². The van der Waals surface area contributed by atoms with Crippen molar-refractivity contribution in [1.29, 1.82) is 0 Å². The van der Waals surface area contributed by atoms with E-state index in [2.05, 4.69) is 11.4 Å². The molecule has 3 aromatic carbocycles. The molecular weight excluding hydrogens is 450 g/mol. The minimum atomic E-state index is -0.389. The number of carbonyl (C=O) groups excluding carboxylic acids is 2. The fraction of sp³-hybridized carbons (Fsp3) is 0.167. The first kappa shape index (κ1) is 23.3. The van der Waals surface area contributed by atoms with Crippen LogP contribution < -0.4 is 15.8 Å². The third-order valence-electron chi connectivity index (χ3n) is 6.44. The van der Waals surface area contributed by atoms with Crippen LogP contribution in [-0.4, -0.2) is 23.9 Å². The Bertz CT molecular complexity index is 1470. The van der Waals surface area contributed by atoms with Gasteiger partial charge in [0, 0.05) is 11.1 Å². The SMILES string of the molecule is COc1ccc(/C=C2/CCCc3c2nc2ccccc2c3C(=O)Nc2ccc(CC(N)=O)cc2)cc1. The summed E-state index contributed by atoms with van der Waals surface area (Å²) in [5.74, 6) is 0.255. The summed E-state index contributed by atoms with van der Waals surface area (Å²) in [5.41, 5.74) is 12.3. The Morgan fingerprint density at radius 3 is 2.47 bits per heavy atom. The highest BCUT2D eigenvalue weighted by Gasteiger charge is 2.25. The van der Waals surface area contributed by atoms with Crippen LogP contribution in [0.1, 0.15) is 45.6 Å². The number of nitrogens with two attached hydrogens (primary N) is 1. The van der Waals surface area contributed by atoms with Gasteiger partial charge in [0.2, 0.25) is 5.91 Å². The quantitative estimate of drug-likeness (QED) is 0.389. The van der Waals surface area contributed by atoms with Gasteiger partial charge in [0.15, 0.2) is 0 Å². The first-order valence-corrected chi connectivity index (χ1v) is 12.0. The van der Waals surface area contributed by atoms with Gasteiger partial charge in [-0.25, -0.2) is 4.98 Å². The van der Waals surface area contributed by atoms with Crippen LogP contribution >= 0.6 is 0 Å². The van der Waals surface area contributed by atoms with Gasteiger partial charge in [-0.2, -0.15) is 0 Å². The van der Waals surface area contributed by atoms with Gasteiger partial charge in [-0.3, -0.25) is 9.59 Å². The van der Waals surface area contributed by atoms with Crippen molar-refractivity contribution in [2.24, 2.45) is 5.73 Å². The van der Waals surface area contributed by atoms with Crippen molar-refractivity contribution in [2.75, 3.05) is 12.4 Å². The molecule has 0 radical (unpaired) electrons. The number of rotatable bonds is 6. The van der Waals surface area contributed by atoms with Crippen molar-refractivity contribution < 1.29 is 14.3 Å². The van der Waals surface area contributed by atoms with Crippen LogP contribution in [-0.2, 0) is 17.6 Å². The van der Waals surface area contributed by atoms with Gasteiger partial charge in [0.1, 0.15) is 5.75 Å². The molecule has 4 aromatic rings. The number of pyridine rings is 1. The third-order valence-corrected chi connectivity index (χ3v) is 6.44. The zero-order chi connectivity index (χ0) is 25.1. The number of hydrogen-bond acceptors (Lipinski definition) is 4. The van der Waals surface area contributed by atoms with E-state index in [-0.39, 0.29) is 18.2 Å². The van der Waals surface area contributed by atoms with E-state index >= 15 is 0 Å². The molecule has 0 unspecified atom stereocenters. The molecule has 3 N–H and O–H groups in total. The van der Waals surface area contributed by atoms with Gasteiger partial charge >= 0.3 is 0 Å². The molecular formula is C30H27N3O3. The second-order valence-electron chi connectivity index (χ2n) is 8.92. The van der Waals surface area contributed by atoms with Gasteiger partial charge in [0.05, 0.1) is 30.3 Å². The summed E-state index contributed by atoms with van der Waals surface area (Å²) in [6, 6.07) is 22.9. The first-order valence-electron chi connectivity index (χ1n) is 12.0. The molecule has 6 nitrogen and oxygen atoms in total. The van der Waals surface area contributed by atoms with E-state index in [9.17, 15) is 9.59 Å². The number of carbonyl (C=O) groups is 2. The van der Waals surface area contributed by atoms with E-state index in [4.69, 9.17) is 15.5 Å². The molecule has 0 spiro atoms. The van der Waals surface area contributed by atoms with Gasteiger partial charge in [0.25, 0.3) is 5.91 Å². The van der Waals surface area contributed by atoms with Crippen LogP contribution in [0, 0.1) is 0 Å². The minimum Gasteiger partial charge on any atom is -0.497 e. The largest absolute Gasteiger partial charge is 0.497 e. The summed E-state index contributed by atoms with van der Waals surface area (Å²) in [7, 11) is 1.65. The number of allylic oxidation sites excluding steroid dienone is 1. The molecule has 5 rings (SSSR count). The lowest BCUT2D eigenvalue weighted by molar-refractivity contribution is -0.117. The van der Waals surface area contributed by atoms with E-state index in [1.165, 1.54) is 0 Å². The lowest BCUT2D eigenvalue weighted by Crippen LogP contribution is -2.19. The van der Waals surface area contributed by atoms with E-state index in [0.717, 1.165) is 63.9 Å². The number of ether oxygens (including phenoxy) is 1. The number of benzene rings is 3. The summed E-state index contributed by atoms with van der Waals surface area (Å²) in [6.07, 6.45) is 4.94. The molecule has 0 bridgehead atoms. The summed E-state index contributed by atoms with van der Waals surface area (Å²) >= 11 is 0. The highest BCUT2D eigenvalue weighted by Crippen LogP contribution is 2.36. The number of hydrogen-bond donors (Lipinski definition) is 2. The van der Waals surface area contributed by atoms with Gasteiger partial charge in [-0.1, -0.05) is 42.5 Å². The van der Waals surface area contributed by atoms with Crippen molar-refractivity contribution in [1.82, 2.24) is 4.98 Å². The van der Waals surface area contributed by atoms with Gasteiger partial charge in [-0.15, -0.1) is 0 Å². The molecule has 1 aliphatic carbocycles. The number of anilines is 1.